The van der Waals surface area contributed by atoms with Crippen LogP contribution in [0, 0.1) is 10.5 Å². The van der Waals surface area contributed by atoms with E-state index >= 15 is 0 Å². The van der Waals surface area contributed by atoms with Crippen molar-refractivity contribution >= 4 is 28.4 Å². The SMILES string of the molecule is Cc1nn(Cc2ccc3c(c2)OCCO3)c(N)c1I. The van der Waals surface area contributed by atoms with E-state index in [1.54, 1.807) is 0 Å². The van der Waals surface area contributed by atoms with Gasteiger partial charge in [-0.2, -0.15) is 5.10 Å². The van der Waals surface area contributed by atoms with Crippen molar-refractivity contribution in [1.82, 2.24) is 9.78 Å². The van der Waals surface area contributed by atoms with Gasteiger partial charge in [0.05, 0.1) is 15.8 Å². The van der Waals surface area contributed by atoms with Gasteiger partial charge in [-0.05, 0) is 47.2 Å². The van der Waals surface area contributed by atoms with Gasteiger partial charge in [-0.1, -0.05) is 6.07 Å². The van der Waals surface area contributed by atoms with E-state index in [4.69, 9.17) is 15.2 Å². The number of nitrogens with two attached hydrogens (primary N) is 1. The molecule has 3 rings (SSSR count). The average Bonchev–Trinajstić information content (AvgIpc) is 2.66. The zero-order valence-corrected chi connectivity index (χ0v) is 12.7. The number of rotatable bonds is 2. The number of anilines is 1. The minimum Gasteiger partial charge on any atom is -0.486 e. The van der Waals surface area contributed by atoms with E-state index in [9.17, 15) is 0 Å². The van der Waals surface area contributed by atoms with Crippen molar-refractivity contribution in [2.75, 3.05) is 18.9 Å². The fourth-order valence-corrected chi connectivity index (χ4v) is 2.44. The Labute approximate surface area is 124 Å². The molecule has 100 valence electrons. The molecule has 1 aromatic heterocycles. The van der Waals surface area contributed by atoms with Gasteiger partial charge < -0.3 is 15.2 Å². The molecule has 6 heteroatoms. The lowest BCUT2D eigenvalue weighted by Crippen LogP contribution is -2.15. The van der Waals surface area contributed by atoms with Crippen molar-refractivity contribution in [3.05, 3.63) is 33.0 Å². The summed E-state index contributed by atoms with van der Waals surface area (Å²) in [7, 11) is 0. The van der Waals surface area contributed by atoms with E-state index in [1.807, 2.05) is 29.8 Å². The largest absolute Gasteiger partial charge is 0.486 e. The molecule has 0 amide bonds. The zero-order chi connectivity index (χ0) is 13.4. The maximum absolute atomic E-state index is 6.03. The molecular weight excluding hydrogens is 357 g/mol. The van der Waals surface area contributed by atoms with E-state index in [0.717, 1.165) is 26.3 Å². The lowest BCUT2D eigenvalue weighted by molar-refractivity contribution is 0.171. The summed E-state index contributed by atoms with van der Waals surface area (Å²) in [5, 5.41) is 4.43. The van der Waals surface area contributed by atoms with Gasteiger partial charge in [-0.25, -0.2) is 4.68 Å². The minimum absolute atomic E-state index is 0.595. The first-order valence-electron chi connectivity index (χ1n) is 6.02. The molecule has 0 saturated heterocycles. The Balaban J connectivity index is 1.89. The molecule has 0 unspecified atom stereocenters. The summed E-state index contributed by atoms with van der Waals surface area (Å²) < 4.78 is 13.9. The van der Waals surface area contributed by atoms with Crippen LogP contribution in [0.15, 0.2) is 18.2 Å². The first kappa shape index (κ1) is 12.6. The molecule has 0 fully saturated rings. The monoisotopic (exact) mass is 371 g/mol. The highest BCUT2D eigenvalue weighted by Crippen LogP contribution is 2.31. The van der Waals surface area contributed by atoms with Gasteiger partial charge in [0.25, 0.3) is 0 Å². The summed E-state index contributed by atoms with van der Waals surface area (Å²) in [4.78, 5) is 0. The molecule has 0 saturated carbocycles. The second kappa shape index (κ2) is 4.92. The van der Waals surface area contributed by atoms with Crippen LogP contribution in [0.1, 0.15) is 11.3 Å². The van der Waals surface area contributed by atoms with Crippen LogP contribution in [-0.4, -0.2) is 23.0 Å². The van der Waals surface area contributed by atoms with Gasteiger partial charge >= 0.3 is 0 Å². The van der Waals surface area contributed by atoms with Crippen LogP contribution in [0.3, 0.4) is 0 Å². The third kappa shape index (κ3) is 2.36. The van der Waals surface area contributed by atoms with Crippen LogP contribution in [0.2, 0.25) is 0 Å². The van der Waals surface area contributed by atoms with Crippen LogP contribution >= 0.6 is 22.6 Å². The van der Waals surface area contributed by atoms with Gasteiger partial charge in [0.2, 0.25) is 0 Å². The van der Waals surface area contributed by atoms with Crippen LogP contribution in [0.5, 0.6) is 11.5 Å². The van der Waals surface area contributed by atoms with Gasteiger partial charge in [0.15, 0.2) is 11.5 Å². The molecule has 19 heavy (non-hydrogen) atoms. The molecule has 2 heterocycles. The number of nitrogens with zero attached hydrogens (tertiary/aromatic N) is 2. The predicted octanol–water partition coefficient (Wildman–Crippen LogP) is 2.20. The van der Waals surface area contributed by atoms with Crippen molar-refractivity contribution in [2.45, 2.75) is 13.5 Å². The molecular formula is C13H14IN3O2. The second-order valence-corrected chi connectivity index (χ2v) is 5.50. The summed E-state index contributed by atoms with van der Waals surface area (Å²) in [6.45, 7) is 3.79. The van der Waals surface area contributed by atoms with E-state index in [2.05, 4.69) is 27.7 Å². The van der Waals surface area contributed by atoms with Crippen LogP contribution in [-0.2, 0) is 6.54 Å². The van der Waals surface area contributed by atoms with E-state index < -0.39 is 0 Å². The Kier molecular flexibility index (Phi) is 3.26. The molecule has 2 aromatic rings. The summed E-state index contributed by atoms with van der Waals surface area (Å²) in [6.07, 6.45) is 0. The average molecular weight is 371 g/mol. The number of aryl methyl sites for hydroxylation is 1. The lowest BCUT2D eigenvalue weighted by atomic mass is 10.2. The normalized spacial score (nSPS) is 13.6. The van der Waals surface area contributed by atoms with Crippen molar-refractivity contribution in [2.24, 2.45) is 0 Å². The Morgan fingerprint density at radius 2 is 2.05 bits per heavy atom. The summed E-state index contributed by atoms with van der Waals surface area (Å²) in [5.74, 6) is 2.29. The van der Waals surface area contributed by atoms with Crippen molar-refractivity contribution in [3.8, 4) is 11.5 Å². The smallest absolute Gasteiger partial charge is 0.161 e. The second-order valence-electron chi connectivity index (χ2n) is 4.42. The Morgan fingerprint density at radius 1 is 1.32 bits per heavy atom. The summed E-state index contributed by atoms with van der Waals surface area (Å²) >= 11 is 2.21. The third-order valence-electron chi connectivity index (χ3n) is 3.03. The molecule has 1 aliphatic rings. The topological polar surface area (TPSA) is 62.3 Å². The van der Waals surface area contributed by atoms with E-state index in [-0.39, 0.29) is 0 Å². The fraction of sp³-hybridized carbons (Fsp3) is 0.308. The molecule has 5 nitrogen and oxygen atoms in total. The van der Waals surface area contributed by atoms with Gasteiger partial charge in [-0.15, -0.1) is 0 Å². The Bertz CT molecular complexity index is 625. The van der Waals surface area contributed by atoms with E-state index in [0.29, 0.717) is 25.6 Å². The van der Waals surface area contributed by atoms with Crippen molar-refractivity contribution in [1.29, 1.82) is 0 Å². The number of halogens is 1. The maximum atomic E-state index is 6.03. The molecule has 2 N–H and O–H groups in total. The van der Waals surface area contributed by atoms with Crippen LogP contribution in [0.25, 0.3) is 0 Å². The zero-order valence-electron chi connectivity index (χ0n) is 10.5. The minimum atomic E-state index is 0.595. The molecule has 0 atom stereocenters. The first-order valence-corrected chi connectivity index (χ1v) is 7.10. The van der Waals surface area contributed by atoms with Crippen LogP contribution < -0.4 is 15.2 Å². The molecule has 1 aromatic carbocycles. The Hall–Kier alpha value is -1.44. The maximum Gasteiger partial charge on any atom is 0.161 e. The number of aromatic nitrogens is 2. The number of hydrogen-bond donors (Lipinski definition) is 1. The Morgan fingerprint density at radius 3 is 2.74 bits per heavy atom. The highest BCUT2D eigenvalue weighted by molar-refractivity contribution is 14.1. The van der Waals surface area contributed by atoms with Gasteiger partial charge in [0, 0.05) is 0 Å². The number of benzene rings is 1. The molecule has 0 bridgehead atoms. The molecule has 0 aliphatic carbocycles. The molecule has 0 radical (unpaired) electrons. The summed E-state index contributed by atoms with van der Waals surface area (Å²) in [5.41, 5.74) is 8.07. The van der Waals surface area contributed by atoms with Crippen molar-refractivity contribution in [3.63, 3.8) is 0 Å². The molecule has 0 spiro atoms. The predicted molar refractivity (Wildman–Crippen MR) is 80.6 cm³/mol. The van der Waals surface area contributed by atoms with Gasteiger partial charge in [-0.3, -0.25) is 0 Å². The van der Waals surface area contributed by atoms with E-state index in [1.165, 1.54) is 0 Å². The van der Waals surface area contributed by atoms with Crippen molar-refractivity contribution < 1.29 is 9.47 Å². The quantitative estimate of drug-likeness (QED) is 0.823. The number of hydrogen-bond acceptors (Lipinski definition) is 4. The number of nitrogen functional groups attached to an aromatic ring is 1. The first-order chi connectivity index (χ1) is 9.15. The fourth-order valence-electron chi connectivity index (χ4n) is 2.06. The molecule has 1 aliphatic heterocycles. The standard InChI is InChI=1S/C13H14IN3O2/c1-8-12(14)13(15)17(16-8)7-9-2-3-10-11(6-9)19-5-4-18-10/h2-3,6H,4-5,7,15H2,1H3. The number of fused-ring (bicyclic) bond motifs is 1. The number of ether oxygens (including phenoxy) is 2. The summed E-state index contributed by atoms with van der Waals surface area (Å²) in [6, 6.07) is 5.93. The highest BCUT2D eigenvalue weighted by Gasteiger charge is 2.14. The lowest BCUT2D eigenvalue weighted by Gasteiger charge is -2.19. The van der Waals surface area contributed by atoms with Gasteiger partial charge in [0.1, 0.15) is 19.0 Å². The highest BCUT2D eigenvalue weighted by atomic mass is 127. The third-order valence-corrected chi connectivity index (χ3v) is 4.36. The van der Waals surface area contributed by atoms with Crippen LogP contribution in [0.4, 0.5) is 5.82 Å².